The molecule has 0 aromatic rings. The second-order valence-corrected chi connectivity index (χ2v) is 4.44. The molecular weight excluding hydrogens is 224 g/mol. The number of rotatable bonds is 0. The number of fused-ring (bicyclic) bond motifs is 1. The number of carbonyl (C=O) groups is 2. The molecule has 1 aliphatic carbocycles. The molecule has 17 heavy (non-hydrogen) atoms. The molecule has 1 saturated carbocycles. The highest BCUT2D eigenvalue weighted by Crippen LogP contribution is 2.33. The molecule has 0 aromatic carbocycles. The monoisotopic (exact) mass is 242 g/mol. The zero-order valence-corrected chi connectivity index (χ0v) is 10.2. The maximum atomic E-state index is 11.7. The van der Waals surface area contributed by atoms with Gasteiger partial charge in [0.1, 0.15) is 6.67 Å². The van der Waals surface area contributed by atoms with Gasteiger partial charge in [0, 0.05) is 0 Å². The molecule has 2 amide bonds. The third-order valence-electron chi connectivity index (χ3n) is 3.62. The summed E-state index contributed by atoms with van der Waals surface area (Å²) >= 11 is 0. The topological polar surface area (TPSA) is 59.1 Å². The summed E-state index contributed by atoms with van der Waals surface area (Å²) < 4.78 is 9.51. The summed E-state index contributed by atoms with van der Waals surface area (Å²) in [6.45, 7) is 0.273. The van der Waals surface area contributed by atoms with Crippen LogP contribution in [0, 0.1) is 0 Å². The van der Waals surface area contributed by atoms with E-state index in [4.69, 9.17) is 9.47 Å². The smallest absolute Gasteiger partial charge is 0.411 e. The van der Waals surface area contributed by atoms with Crippen LogP contribution in [0.3, 0.4) is 0 Å². The molecule has 0 bridgehead atoms. The second-order valence-electron chi connectivity index (χ2n) is 4.44. The largest absolute Gasteiger partial charge is 0.453 e. The maximum absolute atomic E-state index is 11.7. The van der Waals surface area contributed by atoms with Crippen LogP contribution >= 0.6 is 0 Å². The van der Waals surface area contributed by atoms with Gasteiger partial charge >= 0.3 is 12.2 Å². The third-order valence-corrected chi connectivity index (χ3v) is 3.62. The van der Waals surface area contributed by atoms with Crippen molar-refractivity contribution in [1.29, 1.82) is 0 Å². The molecule has 2 atom stereocenters. The van der Waals surface area contributed by atoms with Crippen molar-refractivity contribution >= 4 is 12.2 Å². The number of nitrogens with zero attached hydrogens (tertiary/aromatic N) is 2. The lowest BCUT2D eigenvalue weighted by molar-refractivity contribution is 0.105. The summed E-state index contributed by atoms with van der Waals surface area (Å²) in [7, 11) is 2.72. The van der Waals surface area contributed by atoms with Gasteiger partial charge in [-0.05, 0) is 12.8 Å². The lowest BCUT2D eigenvalue weighted by Crippen LogP contribution is -2.43. The van der Waals surface area contributed by atoms with Crippen LogP contribution in [0.4, 0.5) is 9.59 Å². The highest BCUT2D eigenvalue weighted by molar-refractivity contribution is 5.73. The Morgan fingerprint density at radius 1 is 0.941 bits per heavy atom. The Morgan fingerprint density at radius 2 is 1.35 bits per heavy atom. The summed E-state index contributed by atoms with van der Waals surface area (Å²) in [6, 6.07) is 0.158. The quantitative estimate of drug-likeness (QED) is 0.644. The molecule has 2 rings (SSSR count). The van der Waals surface area contributed by atoms with E-state index in [9.17, 15) is 9.59 Å². The van der Waals surface area contributed by atoms with Gasteiger partial charge < -0.3 is 9.47 Å². The van der Waals surface area contributed by atoms with E-state index in [0.717, 1.165) is 25.7 Å². The lowest BCUT2D eigenvalue weighted by atomic mass is 9.90. The number of hydrogen-bond acceptors (Lipinski definition) is 4. The SMILES string of the molecule is COC(=O)N1CN(C(=O)OC)[C@H]2CCCC[C@@H]21. The van der Waals surface area contributed by atoms with Gasteiger partial charge in [-0.25, -0.2) is 9.59 Å². The normalized spacial score (nSPS) is 27.6. The van der Waals surface area contributed by atoms with Crippen LogP contribution < -0.4 is 0 Å². The Morgan fingerprint density at radius 3 is 1.71 bits per heavy atom. The van der Waals surface area contributed by atoms with Crippen LogP contribution in [0.25, 0.3) is 0 Å². The molecular formula is C11H18N2O4. The minimum Gasteiger partial charge on any atom is -0.453 e. The van der Waals surface area contributed by atoms with Crippen molar-refractivity contribution in [2.45, 2.75) is 37.8 Å². The van der Waals surface area contributed by atoms with Gasteiger partial charge in [0.15, 0.2) is 0 Å². The van der Waals surface area contributed by atoms with Crippen molar-refractivity contribution < 1.29 is 19.1 Å². The van der Waals surface area contributed by atoms with Crippen molar-refractivity contribution in [3.05, 3.63) is 0 Å². The minimum absolute atomic E-state index is 0.0790. The molecule has 0 unspecified atom stereocenters. The van der Waals surface area contributed by atoms with E-state index in [1.165, 1.54) is 14.2 Å². The first-order valence-corrected chi connectivity index (χ1v) is 5.88. The number of hydrogen-bond donors (Lipinski definition) is 0. The van der Waals surface area contributed by atoms with Gasteiger partial charge in [-0.1, -0.05) is 12.8 Å². The molecule has 96 valence electrons. The van der Waals surface area contributed by atoms with Gasteiger partial charge in [-0.2, -0.15) is 0 Å². The first-order valence-electron chi connectivity index (χ1n) is 5.88. The molecule has 0 N–H and O–H groups in total. The molecule has 2 aliphatic rings. The van der Waals surface area contributed by atoms with Gasteiger partial charge in [0.2, 0.25) is 0 Å². The Bertz CT molecular complexity index is 291. The molecule has 1 aliphatic heterocycles. The van der Waals surface area contributed by atoms with Crippen LogP contribution in [-0.2, 0) is 9.47 Å². The fourth-order valence-corrected chi connectivity index (χ4v) is 2.81. The van der Waals surface area contributed by atoms with Crippen molar-refractivity contribution in [1.82, 2.24) is 9.80 Å². The molecule has 6 nitrogen and oxygen atoms in total. The molecule has 2 fully saturated rings. The third kappa shape index (κ3) is 2.03. The number of methoxy groups -OCH3 is 2. The van der Waals surface area contributed by atoms with Crippen molar-refractivity contribution in [2.75, 3.05) is 20.9 Å². The Kier molecular flexibility index (Phi) is 3.40. The fraction of sp³-hybridized carbons (Fsp3) is 0.818. The zero-order chi connectivity index (χ0) is 12.4. The molecule has 1 heterocycles. The van der Waals surface area contributed by atoms with Crippen LogP contribution in [0.15, 0.2) is 0 Å². The van der Waals surface area contributed by atoms with Crippen LogP contribution in [0.5, 0.6) is 0 Å². The predicted molar refractivity (Wildman–Crippen MR) is 59.4 cm³/mol. The second kappa shape index (κ2) is 4.81. The number of ether oxygens (including phenoxy) is 2. The Hall–Kier alpha value is -1.46. The highest BCUT2D eigenvalue weighted by atomic mass is 16.6. The average molecular weight is 242 g/mol. The van der Waals surface area contributed by atoms with E-state index >= 15 is 0 Å². The average Bonchev–Trinajstić information content (AvgIpc) is 2.76. The van der Waals surface area contributed by atoms with Gasteiger partial charge in [-0.15, -0.1) is 0 Å². The van der Waals surface area contributed by atoms with E-state index in [1.54, 1.807) is 9.80 Å². The highest BCUT2D eigenvalue weighted by Gasteiger charge is 2.46. The summed E-state index contributed by atoms with van der Waals surface area (Å²) in [4.78, 5) is 26.6. The lowest BCUT2D eigenvalue weighted by Gasteiger charge is -2.30. The minimum atomic E-state index is -0.367. The summed E-state index contributed by atoms with van der Waals surface area (Å²) in [5.74, 6) is 0. The van der Waals surface area contributed by atoms with E-state index in [-0.39, 0.29) is 30.9 Å². The van der Waals surface area contributed by atoms with Gasteiger partial charge in [0.05, 0.1) is 26.3 Å². The first kappa shape index (κ1) is 12.0. The standard InChI is InChI=1S/C11H18N2O4/c1-16-10(14)12-7-13(11(15)17-2)9-6-4-3-5-8(9)12/h8-9H,3-7H2,1-2H3/t8-,9-/m0/s1. The molecule has 1 saturated heterocycles. The van der Waals surface area contributed by atoms with Crippen molar-refractivity contribution in [3.63, 3.8) is 0 Å². The molecule has 0 radical (unpaired) electrons. The Balaban J connectivity index is 2.16. The molecule has 6 heteroatoms. The fourth-order valence-electron chi connectivity index (χ4n) is 2.81. The van der Waals surface area contributed by atoms with E-state index in [1.807, 2.05) is 0 Å². The molecule has 0 aromatic heterocycles. The molecule has 0 spiro atoms. The summed E-state index contributed by atoms with van der Waals surface area (Å²) in [5, 5.41) is 0. The van der Waals surface area contributed by atoms with Crippen molar-refractivity contribution in [2.24, 2.45) is 0 Å². The van der Waals surface area contributed by atoms with Crippen molar-refractivity contribution in [3.8, 4) is 0 Å². The van der Waals surface area contributed by atoms with Crippen LogP contribution in [0.2, 0.25) is 0 Å². The predicted octanol–water partition coefficient (Wildman–Crippen LogP) is 1.41. The van der Waals surface area contributed by atoms with Crippen LogP contribution in [0.1, 0.15) is 25.7 Å². The number of amides is 2. The first-order chi connectivity index (χ1) is 8.19. The van der Waals surface area contributed by atoms with Crippen LogP contribution in [-0.4, -0.2) is 55.0 Å². The van der Waals surface area contributed by atoms with E-state index < -0.39 is 0 Å². The zero-order valence-electron chi connectivity index (χ0n) is 10.2. The summed E-state index contributed by atoms with van der Waals surface area (Å²) in [6.07, 6.45) is 3.29. The van der Waals surface area contributed by atoms with Gasteiger partial charge in [-0.3, -0.25) is 9.80 Å². The van der Waals surface area contributed by atoms with E-state index in [2.05, 4.69) is 0 Å². The number of carbonyl (C=O) groups excluding carboxylic acids is 2. The maximum Gasteiger partial charge on any atom is 0.411 e. The summed E-state index contributed by atoms with van der Waals surface area (Å²) in [5.41, 5.74) is 0. The van der Waals surface area contributed by atoms with E-state index in [0.29, 0.717) is 0 Å². The van der Waals surface area contributed by atoms with Gasteiger partial charge in [0.25, 0.3) is 0 Å². The Labute approximate surface area is 100 Å².